The predicted molar refractivity (Wildman–Crippen MR) is 80.1 cm³/mol. The lowest BCUT2D eigenvalue weighted by Crippen LogP contribution is -2.53. The summed E-state index contributed by atoms with van der Waals surface area (Å²) in [6, 6.07) is 0. The molecular weight excluding hydrogens is 304 g/mol. The van der Waals surface area contributed by atoms with Crippen molar-refractivity contribution in [1.82, 2.24) is 0 Å². The van der Waals surface area contributed by atoms with Crippen molar-refractivity contribution in [1.29, 1.82) is 0 Å². The molecule has 0 saturated carbocycles. The van der Waals surface area contributed by atoms with Gasteiger partial charge in [-0.15, -0.1) is 0 Å². The molecule has 0 bridgehead atoms. The molecule has 1 aliphatic heterocycles. The Hall–Kier alpha value is -1.89. The topological polar surface area (TPSA) is 88.1 Å². The Morgan fingerprint density at radius 2 is 1.61 bits per heavy atom. The number of ether oxygens (including phenoxy) is 4. The van der Waals surface area contributed by atoms with Crippen molar-refractivity contribution in [3.8, 4) is 0 Å². The molecule has 0 amide bonds. The van der Waals surface area contributed by atoms with E-state index >= 15 is 0 Å². The molecule has 1 aliphatic rings. The van der Waals surface area contributed by atoms with Crippen LogP contribution in [0.15, 0.2) is 12.2 Å². The Labute approximate surface area is 135 Å². The molecule has 1 heterocycles. The molecule has 5 unspecified atom stereocenters. The van der Waals surface area contributed by atoms with Crippen LogP contribution in [0.25, 0.3) is 0 Å². The Kier molecular flexibility index (Phi) is 6.75. The van der Waals surface area contributed by atoms with Gasteiger partial charge in [0.15, 0.2) is 6.10 Å². The summed E-state index contributed by atoms with van der Waals surface area (Å²) in [4.78, 5) is 34.1. The van der Waals surface area contributed by atoms with Crippen LogP contribution in [0.5, 0.6) is 0 Å². The van der Waals surface area contributed by atoms with E-state index in [-0.39, 0.29) is 24.0 Å². The standard InChI is InChI=1S/C16H24O7/c1-8(2)15(19)23-16-14(21-12(6)18)10(4)9(3)13(22-16)7-20-11(5)17/h9-10,13-14,16H,1,7H2,2-6H3. The van der Waals surface area contributed by atoms with E-state index in [1.807, 2.05) is 13.8 Å². The maximum atomic E-state index is 11.8. The van der Waals surface area contributed by atoms with E-state index in [1.165, 1.54) is 20.8 Å². The fourth-order valence-electron chi connectivity index (χ4n) is 2.31. The molecule has 0 spiro atoms. The van der Waals surface area contributed by atoms with Gasteiger partial charge in [-0.1, -0.05) is 20.4 Å². The van der Waals surface area contributed by atoms with Crippen LogP contribution < -0.4 is 0 Å². The van der Waals surface area contributed by atoms with Gasteiger partial charge < -0.3 is 18.9 Å². The Balaban J connectivity index is 2.92. The molecular formula is C16H24O7. The zero-order valence-corrected chi connectivity index (χ0v) is 14.2. The van der Waals surface area contributed by atoms with Crippen LogP contribution in [-0.2, 0) is 33.3 Å². The minimum Gasteiger partial charge on any atom is -0.463 e. The number of carbonyl (C=O) groups excluding carboxylic acids is 3. The SMILES string of the molecule is C=C(C)C(=O)OC1OC(COC(C)=O)C(C)C(C)C1OC(C)=O. The summed E-state index contributed by atoms with van der Waals surface area (Å²) >= 11 is 0. The van der Waals surface area contributed by atoms with Gasteiger partial charge in [0.1, 0.15) is 6.61 Å². The van der Waals surface area contributed by atoms with Crippen LogP contribution in [0, 0.1) is 11.8 Å². The minimum absolute atomic E-state index is 0.0365. The highest BCUT2D eigenvalue weighted by Gasteiger charge is 2.45. The van der Waals surface area contributed by atoms with E-state index < -0.39 is 36.4 Å². The van der Waals surface area contributed by atoms with Gasteiger partial charge >= 0.3 is 17.9 Å². The summed E-state index contributed by atoms with van der Waals surface area (Å²) in [5.74, 6) is -1.78. The Morgan fingerprint density at radius 1 is 1.00 bits per heavy atom. The summed E-state index contributed by atoms with van der Waals surface area (Å²) in [6.07, 6.45) is -2.28. The fourth-order valence-corrected chi connectivity index (χ4v) is 2.31. The maximum Gasteiger partial charge on any atom is 0.335 e. The second-order valence-electron chi connectivity index (χ2n) is 5.82. The number of esters is 3. The molecule has 7 nitrogen and oxygen atoms in total. The van der Waals surface area contributed by atoms with Crippen molar-refractivity contribution >= 4 is 17.9 Å². The van der Waals surface area contributed by atoms with Crippen molar-refractivity contribution in [2.75, 3.05) is 6.61 Å². The molecule has 1 saturated heterocycles. The van der Waals surface area contributed by atoms with Gasteiger partial charge in [0.05, 0.1) is 6.10 Å². The number of rotatable bonds is 5. The van der Waals surface area contributed by atoms with Gasteiger partial charge in [-0.3, -0.25) is 9.59 Å². The van der Waals surface area contributed by atoms with E-state index in [2.05, 4.69) is 6.58 Å². The molecule has 0 radical (unpaired) electrons. The highest BCUT2D eigenvalue weighted by molar-refractivity contribution is 5.87. The molecule has 0 aliphatic carbocycles. The first kappa shape index (κ1) is 19.2. The van der Waals surface area contributed by atoms with Crippen LogP contribution in [0.2, 0.25) is 0 Å². The predicted octanol–water partition coefficient (Wildman–Crippen LogP) is 1.60. The van der Waals surface area contributed by atoms with Crippen molar-refractivity contribution in [3.05, 3.63) is 12.2 Å². The second kappa shape index (κ2) is 8.10. The summed E-state index contributed by atoms with van der Waals surface area (Å²) in [5.41, 5.74) is 0.206. The molecule has 0 aromatic rings. The number of carbonyl (C=O) groups is 3. The van der Waals surface area contributed by atoms with Crippen LogP contribution >= 0.6 is 0 Å². The van der Waals surface area contributed by atoms with Gasteiger partial charge in [-0.2, -0.15) is 0 Å². The third-order valence-corrected chi connectivity index (χ3v) is 3.84. The maximum absolute atomic E-state index is 11.8. The van der Waals surface area contributed by atoms with Gasteiger partial charge in [-0.25, -0.2) is 4.79 Å². The molecule has 130 valence electrons. The molecule has 23 heavy (non-hydrogen) atoms. The van der Waals surface area contributed by atoms with E-state index in [0.717, 1.165) is 0 Å². The van der Waals surface area contributed by atoms with Gasteiger partial charge in [0.2, 0.25) is 6.29 Å². The number of hydrogen-bond acceptors (Lipinski definition) is 7. The average molecular weight is 328 g/mol. The summed E-state index contributed by atoms with van der Waals surface area (Å²) < 4.78 is 21.2. The van der Waals surface area contributed by atoms with Crippen molar-refractivity contribution in [2.24, 2.45) is 11.8 Å². The van der Waals surface area contributed by atoms with Crippen molar-refractivity contribution in [3.63, 3.8) is 0 Å². The van der Waals surface area contributed by atoms with Crippen molar-refractivity contribution < 1.29 is 33.3 Å². The molecule has 1 fully saturated rings. The van der Waals surface area contributed by atoms with Crippen LogP contribution in [-0.4, -0.2) is 43.0 Å². The molecule has 0 aromatic heterocycles. The molecule has 5 atom stereocenters. The Bertz CT molecular complexity index is 483. The zero-order chi connectivity index (χ0) is 17.7. The van der Waals surface area contributed by atoms with Crippen molar-refractivity contribution in [2.45, 2.75) is 53.1 Å². The first-order valence-electron chi connectivity index (χ1n) is 7.46. The molecule has 1 rings (SSSR count). The summed E-state index contributed by atoms with van der Waals surface area (Å²) in [6.45, 7) is 11.4. The lowest BCUT2D eigenvalue weighted by molar-refractivity contribution is -0.270. The molecule has 7 heteroatoms. The highest BCUT2D eigenvalue weighted by atomic mass is 16.7. The van der Waals surface area contributed by atoms with Crippen LogP contribution in [0.3, 0.4) is 0 Å². The molecule has 0 N–H and O–H groups in total. The largest absolute Gasteiger partial charge is 0.463 e. The van der Waals surface area contributed by atoms with Gasteiger partial charge in [0.25, 0.3) is 0 Å². The van der Waals surface area contributed by atoms with E-state index in [1.54, 1.807) is 0 Å². The van der Waals surface area contributed by atoms with E-state index in [4.69, 9.17) is 18.9 Å². The lowest BCUT2D eigenvalue weighted by Gasteiger charge is -2.42. The van der Waals surface area contributed by atoms with Crippen LogP contribution in [0.1, 0.15) is 34.6 Å². The fraction of sp³-hybridized carbons (Fsp3) is 0.688. The highest BCUT2D eigenvalue weighted by Crippen LogP contribution is 2.33. The van der Waals surface area contributed by atoms with Crippen LogP contribution in [0.4, 0.5) is 0 Å². The van der Waals surface area contributed by atoms with Gasteiger partial charge in [0, 0.05) is 25.3 Å². The molecule has 0 aromatic carbocycles. The zero-order valence-electron chi connectivity index (χ0n) is 14.2. The van der Waals surface area contributed by atoms with E-state index in [0.29, 0.717) is 0 Å². The van der Waals surface area contributed by atoms with Gasteiger partial charge in [-0.05, 0) is 12.8 Å². The van der Waals surface area contributed by atoms with E-state index in [9.17, 15) is 14.4 Å². The lowest BCUT2D eigenvalue weighted by atomic mass is 9.83. The normalized spacial score (nSPS) is 30.2. The third kappa shape index (κ3) is 5.35. The first-order valence-corrected chi connectivity index (χ1v) is 7.46. The monoisotopic (exact) mass is 328 g/mol. The first-order chi connectivity index (χ1) is 10.6. The summed E-state index contributed by atoms with van der Waals surface area (Å²) in [7, 11) is 0. The number of hydrogen-bond donors (Lipinski definition) is 0. The Morgan fingerprint density at radius 3 is 2.09 bits per heavy atom. The minimum atomic E-state index is -1.07. The second-order valence-corrected chi connectivity index (χ2v) is 5.82. The smallest absolute Gasteiger partial charge is 0.335 e. The summed E-state index contributed by atoms with van der Waals surface area (Å²) in [5, 5.41) is 0. The quantitative estimate of drug-likeness (QED) is 0.430. The third-order valence-electron chi connectivity index (χ3n) is 3.84. The average Bonchev–Trinajstić information content (AvgIpc) is 2.44.